The van der Waals surface area contributed by atoms with Gasteiger partial charge in [-0.25, -0.2) is 9.78 Å². The topological polar surface area (TPSA) is 72.2 Å². The van der Waals surface area contributed by atoms with Crippen molar-refractivity contribution in [2.75, 3.05) is 14.2 Å². The second-order valence-corrected chi connectivity index (χ2v) is 2.73. The molecular formula is C10H10N2O3. The van der Waals surface area contributed by atoms with Gasteiger partial charge < -0.3 is 9.47 Å². The van der Waals surface area contributed by atoms with Gasteiger partial charge in [0.2, 0.25) is 5.88 Å². The van der Waals surface area contributed by atoms with Crippen LogP contribution >= 0.6 is 0 Å². The van der Waals surface area contributed by atoms with Gasteiger partial charge in [0, 0.05) is 6.20 Å². The zero-order chi connectivity index (χ0) is 11.3. The van der Waals surface area contributed by atoms with E-state index in [1.165, 1.54) is 20.4 Å². The number of pyridine rings is 1. The van der Waals surface area contributed by atoms with Crippen LogP contribution in [0, 0.1) is 11.3 Å². The molecular weight excluding hydrogens is 196 g/mol. The smallest absolute Gasteiger partial charge is 0.343 e. The van der Waals surface area contributed by atoms with E-state index in [-0.39, 0.29) is 17.9 Å². The minimum Gasteiger partial charge on any atom is -0.480 e. The average Bonchev–Trinajstić information content (AvgIpc) is 2.28. The summed E-state index contributed by atoms with van der Waals surface area (Å²) in [6.45, 7) is 0. The van der Waals surface area contributed by atoms with Crippen LogP contribution in [0.1, 0.15) is 15.9 Å². The first-order chi connectivity index (χ1) is 7.22. The van der Waals surface area contributed by atoms with Gasteiger partial charge >= 0.3 is 5.97 Å². The van der Waals surface area contributed by atoms with Crippen LogP contribution in [-0.4, -0.2) is 25.2 Å². The molecule has 0 saturated heterocycles. The van der Waals surface area contributed by atoms with Crippen molar-refractivity contribution in [1.29, 1.82) is 5.26 Å². The van der Waals surface area contributed by atoms with E-state index >= 15 is 0 Å². The Kier molecular flexibility index (Phi) is 3.63. The molecule has 0 amide bonds. The third-order valence-electron chi connectivity index (χ3n) is 1.79. The van der Waals surface area contributed by atoms with Gasteiger partial charge in [0.1, 0.15) is 5.56 Å². The summed E-state index contributed by atoms with van der Waals surface area (Å²) in [6.07, 6.45) is 1.69. The number of methoxy groups -OCH3 is 2. The first-order valence-corrected chi connectivity index (χ1v) is 4.21. The molecule has 0 spiro atoms. The van der Waals surface area contributed by atoms with E-state index in [0.717, 1.165) is 0 Å². The van der Waals surface area contributed by atoms with E-state index in [1.807, 2.05) is 6.07 Å². The molecule has 0 unspecified atom stereocenters. The Balaban J connectivity index is 3.14. The fourth-order valence-electron chi connectivity index (χ4n) is 1.10. The highest BCUT2D eigenvalue weighted by Gasteiger charge is 2.14. The maximum absolute atomic E-state index is 11.3. The Labute approximate surface area is 87.3 Å². The summed E-state index contributed by atoms with van der Waals surface area (Å²) < 4.78 is 9.48. The standard InChI is InChI=1S/C10H10N2O3/c1-14-9-8(10(13)15-2)5-7(3-4-11)6-12-9/h5-6H,3H2,1-2H3. The zero-order valence-electron chi connectivity index (χ0n) is 8.48. The van der Waals surface area contributed by atoms with E-state index in [1.54, 1.807) is 6.07 Å². The molecule has 0 aliphatic heterocycles. The van der Waals surface area contributed by atoms with Crippen LogP contribution in [0.15, 0.2) is 12.3 Å². The minimum atomic E-state index is -0.529. The third-order valence-corrected chi connectivity index (χ3v) is 1.79. The van der Waals surface area contributed by atoms with E-state index in [2.05, 4.69) is 9.72 Å². The van der Waals surface area contributed by atoms with Crippen LogP contribution in [0.4, 0.5) is 0 Å². The predicted molar refractivity (Wildman–Crippen MR) is 51.4 cm³/mol. The predicted octanol–water partition coefficient (Wildman–Crippen LogP) is 0.943. The monoisotopic (exact) mass is 206 g/mol. The molecule has 0 aromatic carbocycles. The molecule has 0 fully saturated rings. The summed E-state index contributed by atoms with van der Waals surface area (Å²) in [5.41, 5.74) is 0.881. The van der Waals surface area contributed by atoms with Gasteiger partial charge in [0.25, 0.3) is 0 Å². The SMILES string of the molecule is COC(=O)c1cc(CC#N)cnc1OC. The van der Waals surface area contributed by atoms with Crippen LogP contribution in [0.5, 0.6) is 5.88 Å². The average molecular weight is 206 g/mol. The molecule has 1 aromatic heterocycles. The van der Waals surface area contributed by atoms with Crippen molar-refractivity contribution in [2.24, 2.45) is 0 Å². The van der Waals surface area contributed by atoms with Crippen molar-refractivity contribution in [3.63, 3.8) is 0 Å². The first kappa shape index (κ1) is 11.0. The lowest BCUT2D eigenvalue weighted by molar-refractivity contribution is 0.0596. The molecule has 0 N–H and O–H groups in total. The molecule has 0 aliphatic rings. The van der Waals surface area contributed by atoms with Crippen LogP contribution < -0.4 is 4.74 Å². The second kappa shape index (κ2) is 4.96. The van der Waals surface area contributed by atoms with Crippen LogP contribution in [-0.2, 0) is 11.2 Å². The normalized spacial score (nSPS) is 9.13. The second-order valence-electron chi connectivity index (χ2n) is 2.73. The molecule has 0 atom stereocenters. The number of aromatic nitrogens is 1. The fraction of sp³-hybridized carbons (Fsp3) is 0.300. The van der Waals surface area contributed by atoms with Crippen LogP contribution in [0.2, 0.25) is 0 Å². The Morgan fingerprint density at radius 1 is 1.60 bits per heavy atom. The first-order valence-electron chi connectivity index (χ1n) is 4.21. The molecule has 5 nitrogen and oxygen atoms in total. The number of nitriles is 1. The molecule has 1 aromatic rings. The van der Waals surface area contributed by atoms with Gasteiger partial charge in [-0.15, -0.1) is 0 Å². The minimum absolute atomic E-state index is 0.195. The lowest BCUT2D eigenvalue weighted by Crippen LogP contribution is -2.06. The highest BCUT2D eigenvalue weighted by atomic mass is 16.5. The summed E-state index contributed by atoms with van der Waals surface area (Å²) >= 11 is 0. The fourth-order valence-corrected chi connectivity index (χ4v) is 1.10. The third kappa shape index (κ3) is 2.44. The Morgan fingerprint density at radius 2 is 2.33 bits per heavy atom. The summed E-state index contributed by atoms with van der Waals surface area (Å²) in [4.78, 5) is 15.2. The molecule has 0 bridgehead atoms. The Bertz CT molecular complexity index is 410. The van der Waals surface area contributed by atoms with Crippen molar-refractivity contribution in [3.8, 4) is 11.9 Å². The van der Waals surface area contributed by atoms with Gasteiger partial charge in [0.05, 0.1) is 26.7 Å². The lowest BCUT2D eigenvalue weighted by atomic mass is 10.1. The number of carbonyl (C=O) groups excluding carboxylic acids is 1. The van der Waals surface area contributed by atoms with Crippen LogP contribution in [0.3, 0.4) is 0 Å². The molecule has 1 heterocycles. The molecule has 15 heavy (non-hydrogen) atoms. The van der Waals surface area contributed by atoms with Gasteiger partial charge in [-0.05, 0) is 11.6 Å². The van der Waals surface area contributed by atoms with Crippen LogP contribution in [0.25, 0.3) is 0 Å². The number of hydrogen-bond donors (Lipinski definition) is 0. The number of carbonyl (C=O) groups is 1. The summed E-state index contributed by atoms with van der Waals surface area (Å²) in [5.74, 6) is -0.331. The molecule has 78 valence electrons. The number of hydrogen-bond acceptors (Lipinski definition) is 5. The summed E-state index contributed by atoms with van der Waals surface area (Å²) in [6, 6.07) is 3.52. The number of nitrogens with zero attached hydrogens (tertiary/aromatic N) is 2. The highest BCUT2D eigenvalue weighted by molar-refractivity contribution is 5.91. The van der Waals surface area contributed by atoms with Gasteiger partial charge in [-0.3, -0.25) is 0 Å². The quantitative estimate of drug-likeness (QED) is 0.688. The molecule has 0 saturated carbocycles. The molecule has 5 heteroatoms. The Hall–Kier alpha value is -2.09. The van der Waals surface area contributed by atoms with E-state index < -0.39 is 5.97 Å². The largest absolute Gasteiger partial charge is 0.480 e. The zero-order valence-corrected chi connectivity index (χ0v) is 8.48. The van der Waals surface area contributed by atoms with Gasteiger partial charge in [-0.1, -0.05) is 0 Å². The van der Waals surface area contributed by atoms with Gasteiger partial charge in [0.15, 0.2) is 0 Å². The van der Waals surface area contributed by atoms with E-state index in [9.17, 15) is 4.79 Å². The number of rotatable bonds is 3. The van der Waals surface area contributed by atoms with Crippen molar-refractivity contribution in [3.05, 3.63) is 23.4 Å². The maximum atomic E-state index is 11.3. The van der Waals surface area contributed by atoms with E-state index in [0.29, 0.717) is 5.56 Å². The van der Waals surface area contributed by atoms with Crippen molar-refractivity contribution >= 4 is 5.97 Å². The van der Waals surface area contributed by atoms with Gasteiger partial charge in [-0.2, -0.15) is 5.26 Å². The highest BCUT2D eigenvalue weighted by Crippen LogP contribution is 2.17. The van der Waals surface area contributed by atoms with E-state index in [4.69, 9.17) is 10.00 Å². The number of esters is 1. The summed E-state index contributed by atoms with van der Waals surface area (Å²) in [7, 11) is 2.69. The maximum Gasteiger partial charge on any atom is 0.343 e. The summed E-state index contributed by atoms with van der Waals surface area (Å²) in [5, 5.41) is 8.51. The lowest BCUT2D eigenvalue weighted by Gasteiger charge is -2.06. The molecule has 0 aliphatic carbocycles. The molecule has 0 radical (unpaired) electrons. The van der Waals surface area contributed by atoms with Crippen molar-refractivity contribution in [1.82, 2.24) is 4.98 Å². The Morgan fingerprint density at radius 3 is 2.87 bits per heavy atom. The van der Waals surface area contributed by atoms with Crippen molar-refractivity contribution in [2.45, 2.75) is 6.42 Å². The molecule has 1 rings (SSSR count). The van der Waals surface area contributed by atoms with Crippen molar-refractivity contribution < 1.29 is 14.3 Å². The number of ether oxygens (including phenoxy) is 2.